The Labute approximate surface area is 174 Å². The van der Waals surface area contributed by atoms with Gasteiger partial charge in [0.05, 0.1) is 0 Å². The van der Waals surface area contributed by atoms with E-state index in [0.717, 1.165) is 12.1 Å². The standard InChI is InChI=1S/C22H26F3N3O2/c1-14(15-5-10-18(24)19(25)11-15)26-12-21(30)28(22(2,3)4)13-20(29)27-17-8-6-16(23)7-9-17/h5-11,14,26H,12-13H2,1-4H3,(H,27,29)/p+1/t14-/m0/s1. The molecule has 0 aliphatic carbocycles. The van der Waals surface area contributed by atoms with E-state index in [0.29, 0.717) is 11.3 Å². The Balaban J connectivity index is 1.99. The molecule has 0 saturated heterocycles. The van der Waals surface area contributed by atoms with Crippen LogP contribution in [0, 0.1) is 17.5 Å². The molecule has 2 aromatic rings. The highest BCUT2D eigenvalue weighted by Gasteiger charge is 2.30. The van der Waals surface area contributed by atoms with Crippen molar-refractivity contribution in [3.8, 4) is 0 Å². The summed E-state index contributed by atoms with van der Waals surface area (Å²) in [5.41, 5.74) is 0.371. The second-order valence-corrected chi connectivity index (χ2v) is 8.11. The molecule has 0 bridgehead atoms. The van der Waals surface area contributed by atoms with Crippen molar-refractivity contribution in [2.24, 2.45) is 0 Å². The highest BCUT2D eigenvalue weighted by Crippen LogP contribution is 2.15. The van der Waals surface area contributed by atoms with Gasteiger partial charge in [0, 0.05) is 16.8 Å². The van der Waals surface area contributed by atoms with Crippen LogP contribution in [-0.4, -0.2) is 35.3 Å². The van der Waals surface area contributed by atoms with Crippen molar-refractivity contribution in [3.63, 3.8) is 0 Å². The molecule has 0 saturated carbocycles. The number of nitrogens with one attached hydrogen (secondary N) is 1. The van der Waals surface area contributed by atoms with Crippen molar-refractivity contribution in [2.45, 2.75) is 39.3 Å². The summed E-state index contributed by atoms with van der Waals surface area (Å²) in [6, 6.07) is 8.70. The van der Waals surface area contributed by atoms with Crippen LogP contribution in [-0.2, 0) is 9.59 Å². The summed E-state index contributed by atoms with van der Waals surface area (Å²) >= 11 is 0. The third-order valence-electron chi connectivity index (χ3n) is 4.66. The molecule has 0 unspecified atom stereocenters. The summed E-state index contributed by atoms with van der Waals surface area (Å²) in [5, 5.41) is 4.34. The topological polar surface area (TPSA) is 66.0 Å². The number of anilines is 1. The lowest BCUT2D eigenvalue weighted by atomic mass is 10.1. The highest BCUT2D eigenvalue weighted by molar-refractivity contribution is 5.94. The van der Waals surface area contributed by atoms with Crippen LogP contribution in [0.1, 0.15) is 39.3 Å². The zero-order valence-electron chi connectivity index (χ0n) is 17.5. The number of rotatable bonds is 7. The van der Waals surface area contributed by atoms with Crippen molar-refractivity contribution in [2.75, 3.05) is 18.4 Å². The average molecular weight is 422 g/mol. The number of nitrogens with zero attached hydrogens (tertiary/aromatic N) is 1. The molecule has 162 valence electrons. The lowest BCUT2D eigenvalue weighted by molar-refractivity contribution is -0.683. The SMILES string of the molecule is C[C@H]([NH2+]CC(=O)N(CC(=O)Nc1ccc(F)cc1)C(C)(C)C)c1ccc(F)c(F)c1. The molecule has 0 aromatic heterocycles. The van der Waals surface area contributed by atoms with Gasteiger partial charge < -0.3 is 15.5 Å². The number of hydrogen-bond donors (Lipinski definition) is 2. The first-order chi connectivity index (χ1) is 14.0. The first-order valence-corrected chi connectivity index (χ1v) is 9.61. The number of carbonyl (C=O) groups excluding carboxylic acids is 2. The predicted molar refractivity (Wildman–Crippen MR) is 108 cm³/mol. The zero-order chi connectivity index (χ0) is 22.5. The Morgan fingerprint density at radius 2 is 1.67 bits per heavy atom. The van der Waals surface area contributed by atoms with Gasteiger partial charge in [-0.15, -0.1) is 0 Å². The summed E-state index contributed by atoms with van der Waals surface area (Å²) < 4.78 is 39.5. The lowest BCUT2D eigenvalue weighted by Gasteiger charge is -2.34. The Hall–Kier alpha value is -2.87. The van der Waals surface area contributed by atoms with Gasteiger partial charge in [-0.2, -0.15) is 0 Å². The highest BCUT2D eigenvalue weighted by atomic mass is 19.2. The van der Waals surface area contributed by atoms with E-state index in [2.05, 4.69) is 5.32 Å². The first-order valence-electron chi connectivity index (χ1n) is 9.61. The smallest absolute Gasteiger partial charge is 0.278 e. The van der Waals surface area contributed by atoms with E-state index in [-0.39, 0.29) is 25.0 Å². The fourth-order valence-electron chi connectivity index (χ4n) is 2.90. The van der Waals surface area contributed by atoms with Gasteiger partial charge in [-0.05, 0) is 70.2 Å². The third-order valence-corrected chi connectivity index (χ3v) is 4.66. The van der Waals surface area contributed by atoms with Crippen LogP contribution in [0.15, 0.2) is 42.5 Å². The molecule has 0 radical (unpaired) electrons. The van der Waals surface area contributed by atoms with Crippen molar-refractivity contribution in [1.29, 1.82) is 0 Å². The predicted octanol–water partition coefficient (Wildman–Crippen LogP) is 2.99. The van der Waals surface area contributed by atoms with E-state index in [4.69, 9.17) is 0 Å². The molecule has 8 heteroatoms. The maximum atomic E-state index is 13.4. The van der Waals surface area contributed by atoms with E-state index < -0.39 is 28.9 Å². The molecular weight excluding hydrogens is 395 g/mol. The molecule has 2 aromatic carbocycles. The molecule has 0 fully saturated rings. The maximum Gasteiger partial charge on any atom is 0.278 e. The number of amides is 2. The number of carbonyl (C=O) groups is 2. The molecule has 0 aliphatic heterocycles. The summed E-state index contributed by atoms with van der Waals surface area (Å²) in [6.07, 6.45) is 0. The van der Waals surface area contributed by atoms with Crippen LogP contribution in [0.2, 0.25) is 0 Å². The van der Waals surface area contributed by atoms with Crippen molar-refractivity contribution in [1.82, 2.24) is 4.90 Å². The van der Waals surface area contributed by atoms with Crippen molar-refractivity contribution in [3.05, 3.63) is 65.5 Å². The number of hydrogen-bond acceptors (Lipinski definition) is 2. The van der Waals surface area contributed by atoms with Gasteiger partial charge >= 0.3 is 0 Å². The van der Waals surface area contributed by atoms with Crippen LogP contribution in [0.5, 0.6) is 0 Å². The number of nitrogens with two attached hydrogens (primary N) is 1. The second kappa shape index (κ2) is 9.75. The molecule has 2 rings (SSSR count). The fourth-order valence-corrected chi connectivity index (χ4v) is 2.90. The summed E-state index contributed by atoms with van der Waals surface area (Å²) in [6.45, 7) is 7.08. The molecule has 5 nitrogen and oxygen atoms in total. The maximum absolute atomic E-state index is 13.4. The Morgan fingerprint density at radius 1 is 1.03 bits per heavy atom. The average Bonchev–Trinajstić information content (AvgIpc) is 2.67. The van der Waals surface area contributed by atoms with Crippen LogP contribution in [0.25, 0.3) is 0 Å². The summed E-state index contributed by atoms with van der Waals surface area (Å²) in [5.74, 6) is -2.95. The van der Waals surface area contributed by atoms with Crippen LogP contribution >= 0.6 is 0 Å². The minimum absolute atomic E-state index is 0.0290. The summed E-state index contributed by atoms with van der Waals surface area (Å²) in [7, 11) is 0. The van der Waals surface area contributed by atoms with Gasteiger partial charge in [-0.1, -0.05) is 0 Å². The molecule has 30 heavy (non-hydrogen) atoms. The van der Waals surface area contributed by atoms with E-state index >= 15 is 0 Å². The number of quaternary nitrogens is 1. The monoisotopic (exact) mass is 422 g/mol. The second-order valence-electron chi connectivity index (χ2n) is 8.11. The van der Waals surface area contributed by atoms with Gasteiger partial charge in [-0.25, -0.2) is 13.2 Å². The van der Waals surface area contributed by atoms with Crippen LogP contribution in [0.3, 0.4) is 0 Å². The van der Waals surface area contributed by atoms with Gasteiger partial charge in [0.15, 0.2) is 18.2 Å². The Morgan fingerprint density at radius 3 is 2.23 bits per heavy atom. The quantitative estimate of drug-likeness (QED) is 0.721. The van der Waals surface area contributed by atoms with Crippen LogP contribution in [0.4, 0.5) is 18.9 Å². The molecule has 0 aliphatic rings. The summed E-state index contributed by atoms with van der Waals surface area (Å²) in [4.78, 5) is 26.7. The van der Waals surface area contributed by atoms with Crippen molar-refractivity contribution >= 4 is 17.5 Å². The van der Waals surface area contributed by atoms with E-state index in [9.17, 15) is 22.8 Å². The van der Waals surface area contributed by atoms with Gasteiger partial charge in [0.1, 0.15) is 18.4 Å². The van der Waals surface area contributed by atoms with E-state index in [1.807, 2.05) is 20.8 Å². The zero-order valence-corrected chi connectivity index (χ0v) is 17.5. The van der Waals surface area contributed by atoms with Gasteiger partial charge in [-0.3, -0.25) is 9.59 Å². The molecule has 3 N–H and O–H groups in total. The first kappa shape index (κ1) is 23.4. The van der Waals surface area contributed by atoms with Crippen molar-refractivity contribution < 1.29 is 28.1 Å². The Bertz CT molecular complexity index is 895. The molecule has 1 atom stereocenters. The van der Waals surface area contributed by atoms with E-state index in [1.165, 1.54) is 35.2 Å². The lowest BCUT2D eigenvalue weighted by Crippen LogP contribution is -2.87. The van der Waals surface area contributed by atoms with Crippen LogP contribution < -0.4 is 10.6 Å². The minimum Gasteiger partial charge on any atom is -0.333 e. The molecule has 2 amide bonds. The largest absolute Gasteiger partial charge is 0.333 e. The van der Waals surface area contributed by atoms with Gasteiger partial charge in [0.25, 0.3) is 5.91 Å². The normalized spacial score (nSPS) is 12.4. The Kier molecular flexibility index (Phi) is 7.61. The number of halogens is 3. The van der Waals surface area contributed by atoms with E-state index in [1.54, 1.807) is 12.2 Å². The molecule has 0 heterocycles. The fraction of sp³-hybridized carbons (Fsp3) is 0.364. The molecule has 0 spiro atoms. The minimum atomic E-state index is -0.937. The number of benzene rings is 2. The van der Waals surface area contributed by atoms with Gasteiger partial charge in [0.2, 0.25) is 5.91 Å². The third kappa shape index (κ3) is 6.59. The molecular formula is C22H27F3N3O2+.